The first kappa shape index (κ1) is 26.4. The smallest absolute Gasteiger partial charge is 0.335 e. The van der Waals surface area contributed by atoms with Gasteiger partial charge in [-0.1, -0.05) is 48.5 Å². The number of hydrogen-bond acceptors (Lipinski definition) is 6. The number of carboxylic acids is 1. The third kappa shape index (κ3) is 5.63. The molecule has 0 aromatic heterocycles. The average Bonchev–Trinajstić information content (AvgIpc) is 2.97. The van der Waals surface area contributed by atoms with Gasteiger partial charge in [-0.2, -0.15) is 0 Å². The fourth-order valence-electron chi connectivity index (χ4n) is 4.77. The summed E-state index contributed by atoms with van der Waals surface area (Å²) in [5.74, 6) is -0.617. The van der Waals surface area contributed by atoms with Crippen LogP contribution >= 0.6 is 0 Å². The number of ether oxygens (including phenoxy) is 1. The van der Waals surface area contributed by atoms with Crippen molar-refractivity contribution < 1.29 is 24.4 Å². The molecule has 1 heterocycles. The highest BCUT2D eigenvalue weighted by Crippen LogP contribution is 2.35. The monoisotopic (exact) mass is 537 g/mol. The molecule has 0 aliphatic carbocycles. The van der Waals surface area contributed by atoms with Crippen LogP contribution in [0.25, 0.3) is 11.1 Å². The van der Waals surface area contributed by atoms with Gasteiger partial charge in [-0.05, 0) is 59.5 Å². The molecule has 40 heavy (non-hydrogen) atoms. The summed E-state index contributed by atoms with van der Waals surface area (Å²) in [4.78, 5) is 36.9. The Kier molecular flexibility index (Phi) is 7.46. The number of nitro benzene ring substituents is 1. The molecule has 4 aromatic rings. The number of carbonyl (C=O) groups is 2. The number of hydrogen-bond donors (Lipinski definition) is 2. The van der Waals surface area contributed by atoms with Crippen LogP contribution in [0.3, 0.4) is 0 Å². The van der Waals surface area contributed by atoms with Crippen LogP contribution in [-0.2, 0) is 6.54 Å². The first-order chi connectivity index (χ1) is 19.3. The van der Waals surface area contributed by atoms with Crippen molar-refractivity contribution in [1.29, 1.82) is 0 Å². The van der Waals surface area contributed by atoms with E-state index in [1.165, 1.54) is 12.1 Å². The van der Waals surface area contributed by atoms with Crippen LogP contribution in [0.1, 0.15) is 44.8 Å². The highest BCUT2D eigenvalue weighted by Gasteiger charge is 2.22. The molecule has 1 unspecified atom stereocenters. The molecule has 0 bridgehead atoms. The molecule has 0 fully saturated rings. The number of anilines is 1. The van der Waals surface area contributed by atoms with Crippen molar-refractivity contribution in [2.75, 3.05) is 18.1 Å². The van der Waals surface area contributed by atoms with Gasteiger partial charge in [0.05, 0.1) is 28.8 Å². The normalized spacial score (nSPS) is 13.1. The minimum atomic E-state index is -0.960. The lowest BCUT2D eigenvalue weighted by Gasteiger charge is -2.32. The van der Waals surface area contributed by atoms with Crippen molar-refractivity contribution in [1.82, 2.24) is 5.32 Å². The van der Waals surface area contributed by atoms with Crippen LogP contribution in [0.4, 0.5) is 11.4 Å². The molecule has 1 aliphatic rings. The first-order valence-electron chi connectivity index (χ1n) is 12.8. The summed E-state index contributed by atoms with van der Waals surface area (Å²) in [7, 11) is 0. The molecule has 5 rings (SSSR count). The Morgan fingerprint density at radius 2 is 1.70 bits per heavy atom. The van der Waals surface area contributed by atoms with Crippen molar-refractivity contribution in [2.24, 2.45) is 0 Å². The van der Waals surface area contributed by atoms with Crippen LogP contribution in [0.15, 0.2) is 91.0 Å². The van der Waals surface area contributed by atoms with Gasteiger partial charge in [-0.15, -0.1) is 0 Å². The maximum absolute atomic E-state index is 13.0. The Morgan fingerprint density at radius 3 is 2.40 bits per heavy atom. The number of carbonyl (C=O) groups excluding carboxylic acids is 1. The molecule has 9 nitrogen and oxygen atoms in total. The lowest BCUT2D eigenvalue weighted by Crippen LogP contribution is -2.33. The number of benzene rings is 4. The minimum Gasteiger partial charge on any atom is -0.490 e. The van der Waals surface area contributed by atoms with E-state index in [1.54, 1.807) is 36.4 Å². The maximum Gasteiger partial charge on any atom is 0.335 e. The molecular weight excluding hydrogens is 510 g/mol. The van der Waals surface area contributed by atoms with Crippen molar-refractivity contribution in [3.8, 4) is 16.9 Å². The summed E-state index contributed by atoms with van der Waals surface area (Å²) in [5.41, 5.74) is 5.36. The molecule has 0 saturated heterocycles. The van der Waals surface area contributed by atoms with E-state index in [-0.39, 0.29) is 23.2 Å². The Morgan fingerprint density at radius 1 is 1.00 bits per heavy atom. The Hall–Kier alpha value is -5.18. The predicted octanol–water partition coefficient (Wildman–Crippen LogP) is 5.85. The highest BCUT2D eigenvalue weighted by atomic mass is 16.6. The molecule has 2 N–H and O–H groups in total. The third-order valence-electron chi connectivity index (χ3n) is 6.95. The third-order valence-corrected chi connectivity index (χ3v) is 6.95. The zero-order valence-electron chi connectivity index (χ0n) is 21.7. The van der Waals surface area contributed by atoms with Crippen LogP contribution in [0, 0.1) is 10.1 Å². The lowest BCUT2D eigenvalue weighted by atomic mass is 9.98. The summed E-state index contributed by atoms with van der Waals surface area (Å²) in [6.07, 6.45) is 0. The van der Waals surface area contributed by atoms with E-state index >= 15 is 0 Å². The molecule has 0 saturated carbocycles. The van der Waals surface area contributed by atoms with E-state index in [2.05, 4.69) is 16.3 Å². The topological polar surface area (TPSA) is 122 Å². The zero-order chi connectivity index (χ0) is 28.2. The van der Waals surface area contributed by atoms with E-state index in [0.717, 1.165) is 27.9 Å². The second-order valence-electron chi connectivity index (χ2n) is 9.54. The van der Waals surface area contributed by atoms with E-state index in [1.807, 2.05) is 43.3 Å². The SMILES string of the molecule is CC(NC(=O)c1ccc2c(c1)OCCN2Cc1ccccc1-c1ccc(C(=O)O)cc1)c1ccc([N+](=O)[O-])cc1. The number of aromatic carboxylic acids is 1. The van der Waals surface area contributed by atoms with Crippen LogP contribution in [-0.4, -0.2) is 35.1 Å². The van der Waals surface area contributed by atoms with Crippen LogP contribution in [0.5, 0.6) is 5.75 Å². The quantitative estimate of drug-likeness (QED) is 0.214. The number of non-ortho nitro benzene ring substituents is 1. The number of amides is 1. The first-order valence-corrected chi connectivity index (χ1v) is 12.8. The fourth-order valence-corrected chi connectivity index (χ4v) is 4.77. The van der Waals surface area contributed by atoms with E-state index in [9.17, 15) is 24.8 Å². The molecule has 0 spiro atoms. The molecule has 4 aromatic carbocycles. The van der Waals surface area contributed by atoms with Crippen molar-refractivity contribution >= 4 is 23.3 Å². The van der Waals surface area contributed by atoms with E-state index in [0.29, 0.717) is 31.0 Å². The molecule has 0 radical (unpaired) electrons. The highest BCUT2D eigenvalue weighted by molar-refractivity contribution is 5.95. The summed E-state index contributed by atoms with van der Waals surface area (Å²) in [6, 6.07) is 26.0. The summed E-state index contributed by atoms with van der Waals surface area (Å²) in [5, 5.41) is 23.1. The molecule has 1 atom stereocenters. The van der Waals surface area contributed by atoms with Crippen molar-refractivity contribution in [2.45, 2.75) is 19.5 Å². The number of carboxylic acid groups (broad SMARTS) is 1. The number of nitrogens with one attached hydrogen (secondary N) is 1. The Balaban J connectivity index is 1.32. The van der Waals surface area contributed by atoms with Gasteiger partial charge in [-0.25, -0.2) is 4.79 Å². The average molecular weight is 538 g/mol. The number of fused-ring (bicyclic) bond motifs is 1. The van der Waals surface area contributed by atoms with E-state index in [4.69, 9.17) is 4.74 Å². The summed E-state index contributed by atoms with van der Waals surface area (Å²) >= 11 is 0. The van der Waals surface area contributed by atoms with Gasteiger partial charge >= 0.3 is 5.97 Å². The number of nitrogens with zero attached hydrogens (tertiary/aromatic N) is 2. The molecule has 202 valence electrons. The Labute approximate surface area is 230 Å². The van der Waals surface area contributed by atoms with Crippen molar-refractivity contribution in [3.63, 3.8) is 0 Å². The standard InChI is InChI=1S/C31H27N3O6/c1-20(21-10-13-26(14-11-21)34(38)39)32-30(35)24-12-15-28-29(18-24)40-17-16-33(28)19-25-4-2-3-5-27(25)22-6-8-23(9-7-22)31(36)37/h2-15,18,20H,16-17,19H2,1H3,(H,32,35)(H,36,37). The van der Waals surface area contributed by atoms with Gasteiger partial charge in [0.15, 0.2) is 0 Å². The zero-order valence-corrected chi connectivity index (χ0v) is 21.7. The molecule has 1 amide bonds. The summed E-state index contributed by atoms with van der Waals surface area (Å²) < 4.78 is 5.92. The predicted molar refractivity (Wildman–Crippen MR) is 151 cm³/mol. The number of nitro groups is 1. The van der Waals surface area contributed by atoms with Gasteiger partial charge in [0.1, 0.15) is 12.4 Å². The van der Waals surface area contributed by atoms with E-state index < -0.39 is 10.9 Å². The van der Waals surface area contributed by atoms with Gasteiger partial charge in [0.25, 0.3) is 11.6 Å². The molecule has 1 aliphatic heterocycles. The lowest BCUT2D eigenvalue weighted by molar-refractivity contribution is -0.384. The van der Waals surface area contributed by atoms with Crippen LogP contribution in [0.2, 0.25) is 0 Å². The second kappa shape index (κ2) is 11.3. The van der Waals surface area contributed by atoms with Crippen molar-refractivity contribution in [3.05, 3.63) is 123 Å². The Bertz CT molecular complexity index is 1570. The van der Waals surface area contributed by atoms with Gasteiger partial charge in [-0.3, -0.25) is 14.9 Å². The van der Waals surface area contributed by atoms with Gasteiger partial charge in [0.2, 0.25) is 0 Å². The van der Waals surface area contributed by atoms with Gasteiger partial charge < -0.3 is 20.1 Å². The van der Waals surface area contributed by atoms with Crippen LogP contribution < -0.4 is 15.0 Å². The minimum absolute atomic E-state index is 0.00242. The largest absolute Gasteiger partial charge is 0.490 e. The maximum atomic E-state index is 13.0. The second-order valence-corrected chi connectivity index (χ2v) is 9.54. The number of rotatable bonds is 8. The summed E-state index contributed by atoms with van der Waals surface area (Å²) in [6.45, 7) is 3.56. The van der Waals surface area contributed by atoms with Gasteiger partial charge in [0, 0.05) is 24.2 Å². The molecular formula is C31H27N3O6. The molecule has 9 heteroatoms. The fraction of sp³-hybridized carbons (Fsp3) is 0.161.